The predicted octanol–water partition coefficient (Wildman–Crippen LogP) is 3.25. The molecular weight excluding hydrogens is 331 g/mol. The molecule has 0 aliphatic carbocycles. The zero-order valence-electron chi connectivity index (χ0n) is 16.2. The lowest BCUT2D eigenvalue weighted by Gasteiger charge is -2.38. The highest BCUT2D eigenvalue weighted by molar-refractivity contribution is 5.44. The first kappa shape index (κ1) is 18.5. The maximum absolute atomic E-state index is 14.8. The van der Waals surface area contributed by atoms with E-state index in [-0.39, 0.29) is 17.8 Å². The third-order valence-corrected chi connectivity index (χ3v) is 4.88. The Morgan fingerprint density at radius 1 is 1.19 bits per heavy atom. The SMILES string of the molecule is Cc1cc(C)nc(N2CCCC(N(C)c3ncnc(C(C)C)c3F)C2)n1. The third kappa shape index (κ3) is 3.76. The quantitative estimate of drug-likeness (QED) is 0.836. The summed E-state index contributed by atoms with van der Waals surface area (Å²) in [5, 5.41) is 0. The lowest BCUT2D eigenvalue weighted by atomic mass is 10.0. The lowest BCUT2D eigenvalue weighted by Crippen LogP contribution is -2.48. The van der Waals surface area contributed by atoms with Gasteiger partial charge in [-0.3, -0.25) is 0 Å². The molecule has 0 amide bonds. The summed E-state index contributed by atoms with van der Waals surface area (Å²) in [4.78, 5) is 21.6. The van der Waals surface area contributed by atoms with Crippen molar-refractivity contribution in [3.05, 3.63) is 35.3 Å². The normalized spacial score (nSPS) is 17.7. The number of likely N-dealkylation sites (N-methyl/N-ethyl adjacent to an activating group) is 1. The zero-order chi connectivity index (χ0) is 18.8. The van der Waals surface area contributed by atoms with Crippen molar-refractivity contribution in [1.82, 2.24) is 19.9 Å². The Morgan fingerprint density at radius 3 is 2.54 bits per heavy atom. The minimum atomic E-state index is -0.315. The molecule has 1 unspecified atom stereocenters. The number of aryl methyl sites for hydroxylation is 2. The summed E-state index contributed by atoms with van der Waals surface area (Å²) in [6.07, 6.45) is 3.45. The summed E-state index contributed by atoms with van der Waals surface area (Å²) in [7, 11) is 1.91. The molecule has 0 radical (unpaired) electrons. The van der Waals surface area contributed by atoms with Gasteiger partial charge in [0.25, 0.3) is 0 Å². The van der Waals surface area contributed by atoms with E-state index in [4.69, 9.17) is 0 Å². The Labute approximate surface area is 154 Å². The fraction of sp³-hybridized carbons (Fsp3) is 0.579. The number of nitrogens with zero attached hydrogens (tertiary/aromatic N) is 6. The Hall–Kier alpha value is -2.31. The molecule has 140 valence electrons. The standard InChI is InChI=1S/C19H27FN6/c1-12(2)17-16(20)18(22-11-21-17)25(5)15-7-6-8-26(10-15)19-23-13(3)9-14(4)24-19/h9,11-12,15H,6-8,10H2,1-5H3. The molecular formula is C19H27FN6. The van der Waals surface area contributed by atoms with Crippen LogP contribution in [0.2, 0.25) is 0 Å². The van der Waals surface area contributed by atoms with E-state index >= 15 is 0 Å². The average Bonchev–Trinajstić information content (AvgIpc) is 2.60. The molecule has 0 aromatic carbocycles. The van der Waals surface area contributed by atoms with Crippen molar-refractivity contribution in [3.63, 3.8) is 0 Å². The largest absolute Gasteiger partial charge is 0.352 e. The Bertz CT molecular complexity index is 758. The molecule has 1 aliphatic heterocycles. The minimum absolute atomic E-state index is 0.0247. The number of rotatable bonds is 4. The fourth-order valence-corrected chi connectivity index (χ4v) is 3.50. The van der Waals surface area contributed by atoms with Gasteiger partial charge in [0.2, 0.25) is 5.95 Å². The second-order valence-corrected chi connectivity index (χ2v) is 7.35. The van der Waals surface area contributed by atoms with Gasteiger partial charge in [0.05, 0.1) is 5.69 Å². The third-order valence-electron chi connectivity index (χ3n) is 4.88. The second-order valence-electron chi connectivity index (χ2n) is 7.35. The van der Waals surface area contributed by atoms with Crippen molar-refractivity contribution in [2.45, 2.75) is 52.5 Å². The van der Waals surface area contributed by atoms with Crippen LogP contribution in [0.25, 0.3) is 0 Å². The summed E-state index contributed by atoms with van der Waals surface area (Å²) < 4.78 is 14.8. The molecule has 7 heteroatoms. The first-order valence-corrected chi connectivity index (χ1v) is 9.17. The molecule has 6 nitrogen and oxygen atoms in total. The second kappa shape index (κ2) is 7.51. The smallest absolute Gasteiger partial charge is 0.225 e. The number of aromatic nitrogens is 4. The highest BCUT2D eigenvalue weighted by Gasteiger charge is 2.28. The van der Waals surface area contributed by atoms with E-state index in [0.29, 0.717) is 11.5 Å². The Kier molecular flexibility index (Phi) is 5.34. The van der Waals surface area contributed by atoms with Gasteiger partial charge in [0.15, 0.2) is 11.6 Å². The van der Waals surface area contributed by atoms with Gasteiger partial charge in [-0.15, -0.1) is 0 Å². The molecule has 1 aliphatic rings. The van der Waals surface area contributed by atoms with Crippen molar-refractivity contribution in [2.24, 2.45) is 0 Å². The molecule has 1 fully saturated rings. The number of halogens is 1. The van der Waals surface area contributed by atoms with Gasteiger partial charge in [-0.25, -0.2) is 24.3 Å². The maximum Gasteiger partial charge on any atom is 0.225 e. The molecule has 3 rings (SSSR count). The zero-order valence-corrected chi connectivity index (χ0v) is 16.2. The summed E-state index contributed by atoms with van der Waals surface area (Å²) in [5.74, 6) is 0.838. The monoisotopic (exact) mass is 358 g/mol. The fourth-order valence-electron chi connectivity index (χ4n) is 3.50. The van der Waals surface area contributed by atoms with E-state index < -0.39 is 0 Å². The Morgan fingerprint density at radius 2 is 1.88 bits per heavy atom. The predicted molar refractivity (Wildman–Crippen MR) is 101 cm³/mol. The molecule has 0 spiro atoms. The summed E-state index contributed by atoms with van der Waals surface area (Å²) in [6, 6.07) is 2.12. The van der Waals surface area contributed by atoms with E-state index in [1.165, 1.54) is 6.33 Å². The summed E-state index contributed by atoms with van der Waals surface area (Å²) in [5.41, 5.74) is 2.39. The van der Waals surface area contributed by atoms with Gasteiger partial charge in [-0.05, 0) is 38.7 Å². The van der Waals surface area contributed by atoms with E-state index in [1.807, 2.05) is 45.7 Å². The topological polar surface area (TPSA) is 58.0 Å². The van der Waals surface area contributed by atoms with Crippen LogP contribution >= 0.6 is 0 Å². The van der Waals surface area contributed by atoms with Crippen LogP contribution in [0.15, 0.2) is 12.4 Å². The van der Waals surface area contributed by atoms with Crippen LogP contribution in [-0.2, 0) is 0 Å². The number of piperidine rings is 1. The molecule has 26 heavy (non-hydrogen) atoms. The van der Waals surface area contributed by atoms with Gasteiger partial charge in [0, 0.05) is 37.6 Å². The van der Waals surface area contributed by atoms with Crippen molar-refractivity contribution in [1.29, 1.82) is 0 Å². The van der Waals surface area contributed by atoms with E-state index in [2.05, 4.69) is 24.8 Å². The van der Waals surface area contributed by atoms with E-state index in [9.17, 15) is 4.39 Å². The number of hydrogen-bond donors (Lipinski definition) is 0. The van der Waals surface area contributed by atoms with E-state index in [0.717, 1.165) is 43.3 Å². The highest BCUT2D eigenvalue weighted by Crippen LogP contribution is 2.27. The highest BCUT2D eigenvalue weighted by atomic mass is 19.1. The molecule has 2 aromatic heterocycles. The molecule has 0 saturated carbocycles. The van der Waals surface area contributed by atoms with Gasteiger partial charge in [0.1, 0.15) is 6.33 Å². The van der Waals surface area contributed by atoms with Crippen LogP contribution in [-0.4, -0.2) is 46.1 Å². The van der Waals surface area contributed by atoms with Gasteiger partial charge in [-0.2, -0.15) is 0 Å². The van der Waals surface area contributed by atoms with Gasteiger partial charge in [-0.1, -0.05) is 13.8 Å². The lowest BCUT2D eigenvalue weighted by molar-refractivity contribution is 0.470. The number of hydrogen-bond acceptors (Lipinski definition) is 6. The van der Waals surface area contributed by atoms with Crippen LogP contribution in [0, 0.1) is 19.7 Å². The molecule has 3 heterocycles. The van der Waals surface area contributed by atoms with Crippen LogP contribution in [0.1, 0.15) is 49.7 Å². The molecule has 2 aromatic rings. The molecule has 0 N–H and O–H groups in total. The van der Waals surface area contributed by atoms with Crippen molar-refractivity contribution in [3.8, 4) is 0 Å². The first-order chi connectivity index (χ1) is 12.4. The summed E-state index contributed by atoms with van der Waals surface area (Å²) in [6.45, 7) is 9.51. The van der Waals surface area contributed by atoms with Crippen molar-refractivity contribution < 1.29 is 4.39 Å². The number of anilines is 2. The molecule has 1 atom stereocenters. The van der Waals surface area contributed by atoms with Crippen LogP contribution in [0.4, 0.5) is 16.2 Å². The molecule has 0 bridgehead atoms. The van der Waals surface area contributed by atoms with Crippen molar-refractivity contribution >= 4 is 11.8 Å². The van der Waals surface area contributed by atoms with Crippen LogP contribution < -0.4 is 9.80 Å². The van der Waals surface area contributed by atoms with Crippen molar-refractivity contribution in [2.75, 3.05) is 29.9 Å². The first-order valence-electron chi connectivity index (χ1n) is 9.17. The van der Waals surface area contributed by atoms with Crippen LogP contribution in [0.3, 0.4) is 0 Å². The average molecular weight is 358 g/mol. The van der Waals surface area contributed by atoms with Gasteiger partial charge < -0.3 is 9.80 Å². The van der Waals surface area contributed by atoms with E-state index in [1.54, 1.807) is 0 Å². The Balaban J connectivity index is 1.82. The van der Waals surface area contributed by atoms with Gasteiger partial charge >= 0.3 is 0 Å². The molecule has 1 saturated heterocycles. The van der Waals surface area contributed by atoms with Crippen LogP contribution in [0.5, 0.6) is 0 Å². The summed E-state index contributed by atoms with van der Waals surface area (Å²) >= 11 is 0. The maximum atomic E-state index is 14.8. The minimum Gasteiger partial charge on any atom is -0.352 e.